The molecule has 4 heterocycles. The fraction of sp³-hybridized carbons (Fsp3) is 0.0526. The number of fused-ring (bicyclic) bond motifs is 10. The minimum Gasteiger partial charge on any atom is -0.314 e. The van der Waals surface area contributed by atoms with Crippen LogP contribution in [0.25, 0.3) is 61.3 Å². The van der Waals surface area contributed by atoms with Crippen molar-refractivity contribution < 1.29 is 0 Å². The third kappa shape index (κ3) is 2.60. The minimum absolute atomic E-state index is 0.181. The highest BCUT2D eigenvalue weighted by Crippen LogP contribution is 2.40. The maximum atomic E-state index is 2.61. The molecular formula is C38H25BN2. The fourth-order valence-corrected chi connectivity index (χ4v) is 8.08. The van der Waals surface area contributed by atoms with Crippen LogP contribution in [0.1, 0.15) is 16.8 Å². The summed E-state index contributed by atoms with van der Waals surface area (Å²) in [6.07, 6.45) is 9.91. The van der Waals surface area contributed by atoms with E-state index < -0.39 is 0 Å². The molecule has 0 unspecified atom stereocenters. The first-order valence-corrected chi connectivity index (χ1v) is 14.6. The number of nitrogens with zero attached hydrogens (tertiary/aromatic N) is 2. The zero-order chi connectivity index (χ0) is 26.8. The number of rotatable bonds is 1. The number of allylic oxidation sites excluding steroid dienone is 3. The maximum absolute atomic E-state index is 2.61. The van der Waals surface area contributed by atoms with Gasteiger partial charge in [0.2, 0.25) is 0 Å². The van der Waals surface area contributed by atoms with E-state index in [0.717, 1.165) is 6.42 Å². The van der Waals surface area contributed by atoms with Gasteiger partial charge in [-0.1, -0.05) is 103 Å². The number of para-hydroxylation sites is 3. The van der Waals surface area contributed by atoms with Gasteiger partial charge < -0.3 is 9.13 Å². The molecule has 0 spiro atoms. The van der Waals surface area contributed by atoms with Crippen LogP contribution in [0, 0.1) is 6.92 Å². The van der Waals surface area contributed by atoms with Crippen molar-refractivity contribution in [2.75, 3.05) is 0 Å². The van der Waals surface area contributed by atoms with Gasteiger partial charge in [0.15, 0.2) is 0 Å². The Balaban J connectivity index is 1.46. The summed E-state index contributed by atoms with van der Waals surface area (Å²) in [7, 11) is 0. The Morgan fingerprint density at radius 1 is 0.659 bits per heavy atom. The second-order valence-corrected chi connectivity index (χ2v) is 11.7. The lowest BCUT2D eigenvalue weighted by molar-refractivity contribution is 1.00. The molecule has 2 aliphatic heterocycles. The second-order valence-electron chi connectivity index (χ2n) is 11.7. The average Bonchev–Trinajstić information content (AvgIpc) is 3.39. The quantitative estimate of drug-likeness (QED) is 0.207. The zero-order valence-corrected chi connectivity index (χ0v) is 22.7. The van der Waals surface area contributed by atoms with Crippen LogP contribution in [0.4, 0.5) is 0 Å². The smallest absolute Gasteiger partial charge is 0.252 e. The molecule has 10 rings (SSSR count). The van der Waals surface area contributed by atoms with E-state index in [0.29, 0.717) is 0 Å². The van der Waals surface area contributed by atoms with Crippen LogP contribution in [0.3, 0.4) is 0 Å². The van der Waals surface area contributed by atoms with Gasteiger partial charge in [-0.3, -0.25) is 0 Å². The van der Waals surface area contributed by atoms with E-state index in [4.69, 9.17) is 0 Å². The van der Waals surface area contributed by atoms with Gasteiger partial charge in [0.25, 0.3) is 6.71 Å². The minimum atomic E-state index is 0.181. The molecule has 2 aromatic heterocycles. The topological polar surface area (TPSA) is 9.86 Å². The van der Waals surface area contributed by atoms with Gasteiger partial charge in [-0.2, -0.15) is 0 Å². The summed E-state index contributed by atoms with van der Waals surface area (Å²) in [4.78, 5) is 0. The Labute approximate surface area is 238 Å². The summed E-state index contributed by atoms with van der Waals surface area (Å²) < 4.78 is 5.16. The van der Waals surface area contributed by atoms with Crippen molar-refractivity contribution in [2.45, 2.75) is 13.3 Å². The third-order valence-electron chi connectivity index (χ3n) is 9.69. The van der Waals surface area contributed by atoms with E-state index in [1.165, 1.54) is 88.4 Å². The highest BCUT2D eigenvalue weighted by Gasteiger charge is 2.41. The lowest BCUT2D eigenvalue weighted by Crippen LogP contribution is -2.59. The van der Waals surface area contributed by atoms with Gasteiger partial charge in [-0.25, -0.2) is 0 Å². The SMILES string of the molecule is Cc1ccccc1-c1cc2c3c(c1)-n1c4ccccc4c4cccc(c41)B3c1cccc3c4c(n-2c13)CC=CC=C4. The summed E-state index contributed by atoms with van der Waals surface area (Å²) >= 11 is 0. The van der Waals surface area contributed by atoms with Crippen molar-refractivity contribution in [2.24, 2.45) is 0 Å². The van der Waals surface area contributed by atoms with E-state index in [2.05, 4.69) is 137 Å². The number of benzene rings is 5. The van der Waals surface area contributed by atoms with Crippen LogP contribution in [0.15, 0.2) is 115 Å². The normalized spacial score (nSPS) is 14.1. The van der Waals surface area contributed by atoms with Crippen molar-refractivity contribution in [1.29, 1.82) is 0 Å². The molecule has 41 heavy (non-hydrogen) atoms. The molecule has 0 radical (unpaired) electrons. The standard InChI is InChI=1S/C38H25BN2/c1-23-11-5-6-12-25(23)24-21-34-36-35(22-24)41-33-20-8-7-14-27(33)29-16-10-18-31(38(29)41)39(36)30-17-9-15-28-26-13-3-2-4-19-32(26)40(34)37(28)30/h2-18,20-22H,19H2,1H3. The molecule has 0 saturated carbocycles. The first kappa shape index (κ1) is 21.8. The molecule has 3 aliphatic rings. The molecule has 0 fully saturated rings. The van der Waals surface area contributed by atoms with E-state index in [1.807, 2.05) is 0 Å². The predicted octanol–water partition coefficient (Wildman–Crippen LogP) is 6.97. The molecular weight excluding hydrogens is 495 g/mol. The Kier molecular flexibility index (Phi) is 4.03. The van der Waals surface area contributed by atoms with Crippen LogP contribution in [-0.4, -0.2) is 15.8 Å². The van der Waals surface area contributed by atoms with Crippen LogP contribution in [-0.2, 0) is 6.42 Å². The van der Waals surface area contributed by atoms with Crippen LogP contribution in [0.2, 0.25) is 0 Å². The van der Waals surface area contributed by atoms with Crippen LogP contribution >= 0.6 is 0 Å². The Bertz CT molecular complexity index is 2360. The second kappa shape index (κ2) is 7.59. The molecule has 0 saturated heterocycles. The van der Waals surface area contributed by atoms with Gasteiger partial charge in [0, 0.05) is 56.2 Å². The lowest BCUT2D eigenvalue weighted by atomic mass is 9.34. The Hall–Kier alpha value is -5.02. The summed E-state index contributed by atoms with van der Waals surface area (Å²) in [6, 6.07) is 36.6. The molecule has 3 heteroatoms. The zero-order valence-electron chi connectivity index (χ0n) is 22.7. The van der Waals surface area contributed by atoms with Gasteiger partial charge in [-0.05, 0) is 58.2 Å². The number of hydrogen-bond donors (Lipinski definition) is 0. The van der Waals surface area contributed by atoms with Gasteiger partial charge in [0.1, 0.15) is 0 Å². The van der Waals surface area contributed by atoms with E-state index in [-0.39, 0.29) is 6.71 Å². The molecule has 0 amide bonds. The highest BCUT2D eigenvalue weighted by atomic mass is 15.0. The first-order valence-electron chi connectivity index (χ1n) is 14.6. The van der Waals surface area contributed by atoms with Gasteiger partial charge in [-0.15, -0.1) is 0 Å². The Morgan fingerprint density at radius 3 is 2.22 bits per heavy atom. The van der Waals surface area contributed by atoms with Crippen molar-refractivity contribution in [3.8, 4) is 22.5 Å². The lowest BCUT2D eigenvalue weighted by Gasteiger charge is -2.34. The molecule has 0 bridgehead atoms. The van der Waals surface area contributed by atoms with Crippen molar-refractivity contribution in [3.05, 3.63) is 132 Å². The van der Waals surface area contributed by atoms with E-state index in [9.17, 15) is 0 Å². The molecule has 190 valence electrons. The molecule has 0 N–H and O–H groups in total. The largest absolute Gasteiger partial charge is 0.314 e. The van der Waals surface area contributed by atoms with Crippen molar-refractivity contribution in [3.63, 3.8) is 0 Å². The molecule has 5 aromatic carbocycles. The summed E-state index contributed by atoms with van der Waals surface area (Å²) in [5, 5.41) is 4.01. The third-order valence-corrected chi connectivity index (χ3v) is 9.69. The highest BCUT2D eigenvalue weighted by molar-refractivity contribution is 7.00. The van der Waals surface area contributed by atoms with E-state index in [1.54, 1.807) is 0 Å². The molecule has 1 aliphatic carbocycles. The Morgan fingerprint density at radius 2 is 1.37 bits per heavy atom. The summed E-state index contributed by atoms with van der Waals surface area (Å²) in [5.41, 5.74) is 17.4. The molecule has 0 atom stereocenters. The van der Waals surface area contributed by atoms with Crippen LogP contribution in [0.5, 0.6) is 0 Å². The average molecular weight is 520 g/mol. The van der Waals surface area contributed by atoms with Crippen LogP contribution < -0.4 is 16.4 Å². The van der Waals surface area contributed by atoms with Gasteiger partial charge >= 0.3 is 0 Å². The van der Waals surface area contributed by atoms with Crippen molar-refractivity contribution >= 4 is 61.9 Å². The molecule has 2 nitrogen and oxygen atoms in total. The number of aromatic nitrogens is 2. The van der Waals surface area contributed by atoms with E-state index >= 15 is 0 Å². The monoisotopic (exact) mass is 520 g/mol. The summed E-state index contributed by atoms with van der Waals surface area (Å²) in [5.74, 6) is 0. The predicted molar refractivity (Wildman–Crippen MR) is 174 cm³/mol. The number of hydrogen-bond acceptors (Lipinski definition) is 0. The van der Waals surface area contributed by atoms with Gasteiger partial charge in [0.05, 0.1) is 5.52 Å². The summed E-state index contributed by atoms with van der Waals surface area (Å²) in [6.45, 7) is 2.41. The first-order chi connectivity index (χ1) is 20.3. The molecule has 7 aromatic rings. The maximum Gasteiger partial charge on any atom is 0.252 e. The fourth-order valence-electron chi connectivity index (χ4n) is 8.08. The number of aryl methyl sites for hydroxylation is 1. The van der Waals surface area contributed by atoms with Crippen molar-refractivity contribution in [1.82, 2.24) is 9.13 Å².